The molecular formula is C25H27N2O3+. The molecular weight excluding hydrogens is 376 g/mol. The zero-order valence-electron chi connectivity index (χ0n) is 16.9. The van der Waals surface area contributed by atoms with Gasteiger partial charge in [0.15, 0.2) is 0 Å². The van der Waals surface area contributed by atoms with Crippen LogP contribution in [0.15, 0.2) is 84.9 Å². The van der Waals surface area contributed by atoms with Gasteiger partial charge in [0.25, 0.3) is 5.91 Å². The number of ether oxygens (including phenoxy) is 2. The van der Waals surface area contributed by atoms with Crippen molar-refractivity contribution in [3.05, 3.63) is 96.1 Å². The van der Waals surface area contributed by atoms with Crippen LogP contribution in [-0.2, 0) is 11.3 Å². The maximum Gasteiger partial charge on any atom is 0.251 e. The smallest absolute Gasteiger partial charge is 0.251 e. The first-order chi connectivity index (χ1) is 14.8. The lowest BCUT2D eigenvalue weighted by Gasteiger charge is -2.30. The zero-order valence-corrected chi connectivity index (χ0v) is 16.9. The van der Waals surface area contributed by atoms with Crippen LogP contribution >= 0.6 is 0 Å². The molecule has 0 aromatic heterocycles. The summed E-state index contributed by atoms with van der Waals surface area (Å²) >= 11 is 0. The van der Waals surface area contributed by atoms with Crippen LogP contribution < -0.4 is 15.0 Å². The summed E-state index contributed by atoms with van der Waals surface area (Å²) in [4.78, 5) is 14.1. The van der Waals surface area contributed by atoms with Gasteiger partial charge in [-0.15, -0.1) is 0 Å². The average Bonchev–Trinajstić information content (AvgIpc) is 2.79. The lowest BCUT2D eigenvalue weighted by molar-refractivity contribution is -0.925. The van der Waals surface area contributed by atoms with Crippen LogP contribution in [0.2, 0.25) is 0 Å². The second kappa shape index (κ2) is 10.1. The number of quaternary nitrogens is 1. The van der Waals surface area contributed by atoms with Crippen molar-refractivity contribution in [2.75, 3.05) is 26.2 Å². The van der Waals surface area contributed by atoms with Gasteiger partial charge in [-0.25, -0.2) is 0 Å². The van der Waals surface area contributed by atoms with Crippen LogP contribution in [0, 0.1) is 0 Å². The molecule has 3 aromatic rings. The fourth-order valence-corrected chi connectivity index (χ4v) is 3.66. The number of morpholine rings is 1. The molecule has 1 amide bonds. The maximum absolute atomic E-state index is 12.6. The first-order valence-corrected chi connectivity index (χ1v) is 10.4. The van der Waals surface area contributed by atoms with Crippen molar-refractivity contribution in [2.45, 2.75) is 12.6 Å². The van der Waals surface area contributed by atoms with Crippen molar-refractivity contribution in [3.8, 4) is 11.5 Å². The molecule has 4 rings (SSSR count). The molecule has 30 heavy (non-hydrogen) atoms. The predicted molar refractivity (Wildman–Crippen MR) is 116 cm³/mol. The Labute approximate surface area is 177 Å². The molecule has 0 saturated carbocycles. The van der Waals surface area contributed by atoms with Crippen molar-refractivity contribution in [1.29, 1.82) is 0 Å². The molecule has 1 aliphatic heterocycles. The topological polar surface area (TPSA) is 52.0 Å². The molecule has 0 radical (unpaired) electrons. The molecule has 5 heteroatoms. The van der Waals surface area contributed by atoms with E-state index in [1.54, 1.807) is 12.1 Å². The highest BCUT2D eigenvalue weighted by Gasteiger charge is 2.24. The minimum absolute atomic E-state index is 0.0187. The average molecular weight is 404 g/mol. The Hall–Kier alpha value is -3.15. The number of carbonyl (C=O) groups excluding carboxylic acids is 1. The second-order valence-electron chi connectivity index (χ2n) is 7.51. The third kappa shape index (κ3) is 5.69. The Morgan fingerprint density at radius 1 is 0.967 bits per heavy atom. The standard InChI is InChI=1S/C25H26N2O3/c28-25(21-10-7-13-23(16-21)30-22-11-5-2-6-12-22)26-17-24-19-27(14-15-29-24)18-20-8-3-1-4-9-20/h1-13,16,24H,14-15,17-19H2,(H,26,28)/p+1/t24-/m0/s1. The summed E-state index contributed by atoms with van der Waals surface area (Å²) in [6, 6.07) is 27.3. The van der Waals surface area contributed by atoms with E-state index < -0.39 is 0 Å². The van der Waals surface area contributed by atoms with Crippen LogP contribution in [0.1, 0.15) is 15.9 Å². The van der Waals surface area contributed by atoms with Gasteiger partial charge in [-0.2, -0.15) is 0 Å². The van der Waals surface area contributed by atoms with E-state index in [9.17, 15) is 4.79 Å². The molecule has 1 aliphatic rings. The highest BCUT2D eigenvalue weighted by atomic mass is 16.5. The van der Waals surface area contributed by atoms with Gasteiger partial charge in [-0.3, -0.25) is 4.79 Å². The van der Waals surface area contributed by atoms with E-state index in [1.807, 2.05) is 48.5 Å². The van der Waals surface area contributed by atoms with Crippen molar-refractivity contribution in [2.24, 2.45) is 0 Å². The van der Waals surface area contributed by atoms with Crippen molar-refractivity contribution in [1.82, 2.24) is 5.32 Å². The highest BCUT2D eigenvalue weighted by Crippen LogP contribution is 2.21. The minimum Gasteiger partial charge on any atom is -0.457 e. The van der Waals surface area contributed by atoms with E-state index >= 15 is 0 Å². The molecule has 0 aliphatic carbocycles. The van der Waals surface area contributed by atoms with Crippen molar-refractivity contribution < 1.29 is 19.2 Å². The van der Waals surface area contributed by atoms with Crippen molar-refractivity contribution >= 4 is 5.91 Å². The Balaban J connectivity index is 1.29. The number of hydrogen-bond donors (Lipinski definition) is 2. The van der Waals surface area contributed by atoms with Gasteiger partial charge in [-0.05, 0) is 30.3 Å². The zero-order chi connectivity index (χ0) is 20.6. The second-order valence-corrected chi connectivity index (χ2v) is 7.51. The monoisotopic (exact) mass is 403 g/mol. The molecule has 0 spiro atoms. The normalized spacial score (nSPS) is 18.5. The summed E-state index contributed by atoms with van der Waals surface area (Å²) in [5.74, 6) is 1.26. The lowest BCUT2D eigenvalue weighted by atomic mass is 10.1. The number of nitrogens with one attached hydrogen (secondary N) is 2. The van der Waals surface area contributed by atoms with Gasteiger partial charge in [0.05, 0.1) is 6.61 Å². The number of rotatable bonds is 7. The van der Waals surface area contributed by atoms with Gasteiger partial charge in [-0.1, -0.05) is 54.6 Å². The molecule has 154 valence electrons. The van der Waals surface area contributed by atoms with Crippen LogP contribution in [0.5, 0.6) is 11.5 Å². The minimum atomic E-state index is -0.118. The molecule has 1 saturated heterocycles. The number of amides is 1. The van der Waals surface area contributed by atoms with Crippen molar-refractivity contribution in [3.63, 3.8) is 0 Å². The van der Waals surface area contributed by atoms with Crippen LogP contribution in [0.3, 0.4) is 0 Å². The Kier molecular flexibility index (Phi) is 6.75. The van der Waals surface area contributed by atoms with E-state index in [1.165, 1.54) is 10.5 Å². The van der Waals surface area contributed by atoms with Gasteiger partial charge in [0.2, 0.25) is 0 Å². The third-order valence-corrected chi connectivity index (χ3v) is 5.19. The third-order valence-electron chi connectivity index (χ3n) is 5.19. The Morgan fingerprint density at radius 2 is 1.70 bits per heavy atom. The van der Waals surface area contributed by atoms with Gasteiger partial charge in [0.1, 0.15) is 37.2 Å². The molecule has 0 bridgehead atoms. The number of hydrogen-bond acceptors (Lipinski definition) is 3. The largest absolute Gasteiger partial charge is 0.457 e. The van der Waals surface area contributed by atoms with Crippen LogP contribution in [-0.4, -0.2) is 38.3 Å². The SMILES string of the molecule is O=C(NC[C@H]1C[NH+](Cc2ccccc2)CCO1)c1cccc(Oc2ccccc2)c1. The molecule has 2 N–H and O–H groups in total. The van der Waals surface area contributed by atoms with E-state index in [0.717, 1.165) is 25.4 Å². The lowest BCUT2D eigenvalue weighted by Crippen LogP contribution is -3.13. The van der Waals surface area contributed by atoms with Crippen LogP contribution in [0.25, 0.3) is 0 Å². The summed E-state index contributed by atoms with van der Waals surface area (Å²) in [5, 5.41) is 3.01. The molecule has 2 atom stereocenters. The van der Waals surface area contributed by atoms with Gasteiger partial charge >= 0.3 is 0 Å². The summed E-state index contributed by atoms with van der Waals surface area (Å²) in [6.45, 7) is 4.06. The van der Waals surface area contributed by atoms with Gasteiger partial charge < -0.3 is 19.7 Å². The molecule has 1 unspecified atom stereocenters. The van der Waals surface area contributed by atoms with Gasteiger partial charge in [0, 0.05) is 17.7 Å². The van der Waals surface area contributed by atoms with Crippen LogP contribution in [0.4, 0.5) is 0 Å². The van der Waals surface area contributed by atoms with E-state index in [0.29, 0.717) is 24.5 Å². The quantitative estimate of drug-likeness (QED) is 0.638. The number of benzene rings is 3. The predicted octanol–water partition coefficient (Wildman–Crippen LogP) is 2.69. The Morgan fingerprint density at radius 3 is 2.50 bits per heavy atom. The Bertz CT molecular complexity index is 947. The number of carbonyl (C=O) groups is 1. The molecule has 5 nitrogen and oxygen atoms in total. The summed E-state index contributed by atoms with van der Waals surface area (Å²) < 4.78 is 11.7. The number of para-hydroxylation sites is 1. The highest BCUT2D eigenvalue weighted by molar-refractivity contribution is 5.94. The van der Waals surface area contributed by atoms with E-state index in [-0.39, 0.29) is 12.0 Å². The fraction of sp³-hybridized carbons (Fsp3) is 0.240. The first-order valence-electron chi connectivity index (χ1n) is 10.4. The van der Waals surface area contributed by atoms with E-state index in [2.05, 4.69) is 29.6 Å². The maximum atomic E-state index is 12.6. The summed E-state index contributed by atoms with van der Waals surface area (Å²) in [5.41, 5.74) is 1.90. The summed E-state index contributed by atoms with van der Waals surface area (Å²) in [7, 11) is 0. The molecule has 1 fully saturated rings. The van der Waals surface area contributed by atoms with E-state index in [4.69, 9.17) is 9.47 Å². The molecule has 3 aromatic carbocycles. The fourth-order valence-electron chi connectivity index (χ4n) is 3.66. The summed E-state index contributed by atoms with van der Waals surface area (Å²) in [6.07, 6.45) is 0.0187. The first kappa shape index (κ1) is 20.1. The molecule has 1 heterocycles.